The Kier molecular flexibility index (Phi) is 4.21. The number of benzene rings is 1. The summed E-state index contributed by atoms with van der Waals surface area (Å²) in [7, 11) is 0. The minimum atomic E-state index is 0.115. The molecule has 1 amide bonds. The Morgan fingerprint density at radius 3 is 2.32 bits per heavy atom. The number of nitrogens with zero attached hydrogens (tertiary/aromatic N) is 2. The van der Waals surface area contributed by atoms with Gasteiger partial charge in [-0.1, -0.05) is 6.07 Å². The SMILES string of the molecule is CC(C)(C)N1CCN(C(=O)c2cccc(S)c2)CC1. The van der Waals surface area contributed by atoms with Crippen LogP contribution in [0.15, 0.2) is 29.2 Å². The van der Waals surface area contributed by atoms with E-state index >= 15 is 0 Å². The first kappa shape index (κ1) is 14.4. The van der Waals surface area contributed by atoms with Gasteiger partial charge in [0.2, 0.25) is 0 Å². The number of thiol groups is 1. The largest absolute Gasteiger partial charge is 0.336 e. The van der Waals surface area contributed by atoms with Gasteiger partial charge in [0.15, 0.2) is 0 Å². The van der Waals surface area contributed by atoms with Crippen molar-refractivity contribution in [2.75, 3.05) is 26.2 Å². The molecule has 0 spiro atoms. The molecular formula is C15H22N2OS. The van der Waals surface area contributed by atoms with Crippen molar-refractivity contribution in [1.82, 2.24) is 9.80 Å². The van der Waals surface area contributed by atoms with Gasteiger partial charge in [-0.25, -0.2) is 0 Å². The van der Waals surface area contributed by atoms with Crippen LogP contribution in [0.3, 0.4) is 0 Å². The van der Waals surface area contributed by atoms with E-state index in [2.05, 4.69) is 38.3 Å². The van der Waals surface area contributed by atoms with E-state index in [-0.39, 0.29) is 11.4 Å². The molecule has 1 saturated heterocycles. The molecule has 2 rings (SSSR count). The maximum Gasteiger partial charge on any atom is 0.253 e. The highest BCUT2D eigenvalue weighted by molar-refractivity contribution is 7.80. The fraction of sp³-hybridized carbons (Fsp3) is 0.533. The van der Waals surface area contributed by atoms with Crippen molar-refractivity contribution in [2.45, 2.75) is 31.2 Å². The molecule has 0 radical (unpaired) electrons. The van der Waals surface area contributed by atoms with Crippen molar-refractivity contribution < 1.29 is 4.79 Å². The number of rotatable bonds is 1. The Morgan fingerprint density at radius 2 is 1.79 bits per heavy atom. The quantitative estimate of drug-likeness (QED) is 0.798. The molecule has 1 heterocycles. The molecule has 0 N–H and O–H groups in total. The van der Waals surface area contributed by atoms with E-state index in [0.717, 1.165) is 36.6 Å². The lowest BCUT2D eigenvalue weighted by Crippen LogP contribution is -2.54. The minimum Gasteiger partial charge on any atom is -0.336 e. The molecule has 0 atom stereocenters. The van der Waals surface area contributed by atoms with Gasteiger partial charge in [-0.2, -0.15) is 0 Å². The second kappa shape index (κ2) is 5.55. The number of carbonyl (C=O) groups excluding carboxylic acids is 1. The molecule has 0 aliphatic carbocycles. The highest BCUT2D eigenvalue weighted by atomic mass is 32.1. The average Bonchev–Trinajstić information content (AvgIpc) is 2.37. The van der Waals surface area contributed by atoms with Crippen LogP contribution in [-0.2, 0) is 0 Å². The van der Waals surface area contributed by atoms with Crippen molar-refractivity contribution in [2.24, 2.45) is 0 Å². The lowest BCUT2D eigenvalue weighted by Gasteiger charge is -2.42. The van der Waals surface area contributed by atoms with Gasteiger partial charge in [0, 0.05) is 42.2 Å². The summed E-state index contributed by atoms with van der Waals surface area (Å²) in [5, 5.41) is 0. The molecule has 0 bridgehead atoms. The van der Waals surface area contributed by atoms with Gasteiger partial charge in [0.05, 0.1) is 0 Å². The number of hydrogen-bond acceptors (Lipinski definition) is 3. The zero-order valence-electron chi connectivity index (χ0n) is 11.9. The smallest absolute Gasteiger partial charge is 0.253 e. The van der Waals surface area contributed by atoms with Crippen LogP contribution in [0.1, 0.15) is 31.1 Å². The van der Waals surface area contributed by atoms with Crippen molar-refractivity contribution in [1.29, 1.82) is 0 Å². The fourth-order valence-corrected chi connectivity index (χ4v) is 2.63. The van der Waals surface area contributed by atoms with Gasteiger partial charge in [0.1, 0.15) is 0 Å². The molecule has 0 saturated carbocycles. The van der Waals surface area contributed by atoms with Gasteiger partial charge in [-0.05, 0) is 39.0 Å². The van der Waals surface area contributed by atoms with Gasteiger partial charge in [0.25, 0.3) is 5.91 Å². The molecule has 1 aliphatic heterocycles. The zero-order valence-corrected chi connectivity index (χ0v) is 12.8. The monoisotopic (exact) mass is 278 g/mol. The van der Waals surface area contributed by atoms with Crippen molar-refractivity contribution in [3.05, 3.63) is 29.8 Å². The van der Waals surface area contributed by atoms with Crippen LogP contribution < -0.4 is 0 Å². The first-order valence-electron chi connectivity index (χ1n) is 6.71. The van der Waals surface area contributed by atoms with Crippen LogP contribution in [0.2, 0.25) is 0 Å². The van der Waals surface area contributed by atoms with Crippen molar-refractivity contribution in [3.8, 4) is 0 Å². The molecule has 0 unspecified atom stereocenters. The minimum absolute atomic E-state index is 0.115. The van der Waals surface area contributed by atoms with Crippen molar-refractivity contribution >= 4 is 18.5 Å². The van der Waals surface area contributed by atoms with Crippen molar-refractivity contribution in [3.63, 3.8) is 0 Å². The van der Waals surface area contributed by atoms with E-state index in [1.54, 1.807) is 0 Å². The topological polar surface area (TPSA) is 23.6 Å². The van der Waals surface area contributed by atoms with E-state index < -0.39 is 0 Å². The molecule has 1 aromatic carbocycles. The summed E-state index contributed by atoms with van der Waals surface area (Å²) >= 11 is 4.29. The van der Waals surface area contributed by atoms with Gasteiger partial charge >= 0.3 is 0 Å². The van der Waals surface area contributed by atoms with E-state index in [1.807, 2.05) is 29.2 Å². The molecule has 4 heteroatoms. The van der Waals surface area contributed by atoms with Crippen LogP contribution >= 0.6 is 12.6 Å². The molecule has 3 nitrogen and oxygen atoms in total. The van der Waals surface area contributed by atoms with E-state index in [0.29, 0.717) is 0 Å². The fourth-order valence-electron chi connectivity index (χ4n) is 2.40. The third-order valence-corrected chi connectivity index (χ3v) is 3.89. The molecule has 104 valence electrons. The second-order valence-corrected chi connectivity index (χ2v) is 6.52. The zero-order chi connectivity index (χ0) is 14.0. The predicted molar refractivity (Wildman–Crippen MR) is 80.9 cm³/mol. The Morgan fingerprint density at radius 1 is 1.16 bits per heavy atom. The molecule has 1 aromatic rings. The number of piperazine rings is 1. The summed E-state index contributed by atoms with van der Waals surface area (Å²) in [6.45, 7) is 10.1. The Hall–Kier alpha value is -1.00. The maximum atomic E-state index is 12.4. The summed E-state index contributed by atoms with van der Waals surface area (Å²) in [5.74, 6) is 0.115. The summed E-state index contributed by atoms with van der Waals surface area (Å²) in [6.07, 6.45) is 0. The Balaban J connectivity index is 2.00. The summed E-state index contributed by atoms with van der Waals surface area (Å²) < 4.78 is 0. The maximum absolute atomic E-state index is 12.4. The summed E-state index contributed by atoms with van der Waals surface area (Å²) in [4.78, 5) is 17.6. The van der Waals surface area contributed by atoms with E-state index in [1.165, 1.54) is 0 Å². The third-order valence-electron chi connectivity index (χ3n) is 3.61. The van der Waals surface area contributed by atoms with E-state index in [9.17, 15) is 4.79 Å². The normalized spacial score (nSPS) is 17.6. The highest BCUT2D eigenvalue weighted by Crippen LogP contribution is 2.18. The van der Waals surface area contributed by atoms with Crippen LogP contribution in [0.5, 0.6) is 0 Å². The predicted octanol–water partition coefficient (Wildman–Crippen LogP) is 2.53. The molecule has 0 aromatic heterocycles. The third kappa shape index (κ3) is 3.51. The number of hydrogen-bond donors (Lipinski definition) is 1. The van der Waals surface area contributed by atoms with Gasteiger partial charge in [-0.3, -0.25) is 9.69 Å². The van der Waals surface area contributed by atoms with E-state index in [4.69, 9.17) is 0 Å². The lowest BCUT2D eigenvalue weighted by molar-refractivity contribution is 0.0451. The standard InChI is InChI=1S/C15H22N2OS/c1-15(2,3)17-9-7-16(8-10-17)14(18)12-5-4-6-13(19)11-12/h4-6,11,19H,7-10H2,1-3H3. The van der Waals surface area contributed by atoms with Crippen LogP contribution in [0.4, 0.5) is 0 Å². The van der Waals surface area contributed by atoms with Crippen LogP contribution in [0, 0.1) is 0 Å². The number of carbonyl (C=O) groups is 1. The van der Waals surface area contributed by atoms with Gasteiger partial charge in [-0.15, -0.1) is 12.6 Å². The molecular weight excluding hydrogens is 256 g/mol. The molecule has 1 aliphatic rings. The summed E-state index contributed by atoms with van der Waals surface area (Å²) in [5.41, 5.74) is 0.914. The molecule has 19 heavy (non-hydrogen) atoms. The van der Waals surface area contributed by atoms with Crippen LogP contribution in [-0.4, -0.2) is 47.4 Å². The van der Waals surface area contributed by atoms with Gasteiger partial charge < -0.3 is 4.90 Å². The summed E-state index contributed by atoms with van der Waals surface area (Å²) in [6, 6.07) is 7.46. The Labute approximate surface area is 121 Å². The Bertz CT molecular complexity index is 459. The second-order valence-electron chi connectivity index (χ2n) is 6.00. The first-order chi connectivity index (χ1) is 8.88. The molecule has 1 fully saturated rings. The first-order valence-corrected chi connectivity index (χ1v) is 7.16. The highest BCUT2D eigenvalue weighted by Gasteiger charge is 2.28. The average molecular weight is 278 g/mol. The number of amides is 1. The lowest BCUT2D eigenvalue weighted by atomic mass is 10.0. The van der Waals surface area contributed by atoms with Crippen LogP contribution in [0.25, 0.3) is 0 Å².